The largest absolute Gasteiger partial charge is 0.355 e. The molecule has 19 heavy (non-hydrogen) atoms. The van der Waals surface area contributed by atoms with Gasteiger partial charge in [0.2, 0.25) is 0 Å². The molecule has 0 radical (unpaired) electrons. The number of pyridine rings is 1. The van der Waals surface area contributed by atoms with Crippen molar-refractivity contribution in [1.82, 2.24) is 10.3 Å². The Bertz CT molecular complexity index is 425. The first-order valence-corrected chi connectivity index (χ1v) is 8.56. The molecule has 0 amide bonds. The summed E-state index contributed by atoms with van der Waals surface area (Å²) in [6, 6.07) is 5.32. The lowest BCUT2D eigenvalue weighted by Crippen LogP contribution is -2.33. The van der Waals surface area contributed by atoms with Gasteiger partial charge in [-0.05, 0) is 37.0 Å². The molecular weight excluding hydrogens is 254 g/mol. The maximum absolute atomic E-state index is 4.81. The van der Waals surface area contributed by atoms with Crippen molar-refractivity contribution in [2.45, 2.75) is 38.8 Å². The van der Waals surface area contributed by atoms with E-state index < -0.39 is 0 Å². The molecule has 1 aromatic rings. The normalized spacial score (nSPS) is 19.7. The molecule has 1 N–H and O–H groups in total. The van der Waals surface area contributed by atoms with Crippen LogP contribution < -0.4 is 10.2 Å². The second-order valence-corrected chi connectivity index (χ2v) is 6.66. The summed E-state index contributed by atoms with van der Waals surface area (Å²) in [7, 11) is 0. The summed E-state index contributed by atoms with van der Waals surface area (Å²) in [5.74, 6) is 3.65. The van der Waals surface area contributed by atoms with Crippen LogP contribution in [0, 0.1) is 0 Å². The average molecular weight is 277 g/mol. The van der Waals surface area contributed by atoms with Gasteiger partial charge in [-0.15, -0.1) is 0 Å². The molecule has 1 saturated carbocycles. The van der Waals surface area contributed by atoms with E-state index in [1.807, 2.05) is 11.8 Å². The Morgan fingerprint density at radius 2 is 2.11 bits per heavy atom. The fraction of sp³-hybridized carbons (Fsp3) is 0.667. The molecule has 2 fully saturated rings. The van der Waals surface area contributed by atoms with Gasteiger partial charge in [0.05, 0.1) is 0 Å². The van der Waals surface area contributed by atoms with Crippen molar-refractivity contribution in [1.29, 1.82) is 0 Å². The monoisotopic (exact) mass is 277 g/mol. The Balaban J connectivity index is 1.74. The van der Waals surface area contributed by atoms with E-state index >= 15 is 0 Å². The summed E-state index contributed by atoms with van der Waals surface area (Å²) >= 11 is 2.05. The zero-order valence-electron chi connectivity index (χ0n) is 11.7. The van der Waals surface area contributed by atoms with Gasteiger partial charge in [0.25, 0.3) is 0 Å². The summed E-state index contributed by atoms with van der Waals surface area (Å²) in [5, 5.41) is 3.60. The van der Waals surface area contributed by atoms with Crippen molar-refractivity contribution >= 4 is 17.6 Å². The van der Waals surface area contributed by atoms with Crippen LogP contribution in [0.3, 0.4) is 0 Å². The quantitative estimate of drug-likeness (QED) is 0.895. The summed E-state index contributed by atoms with van der Waals surface area (Å²) in [6.07, 6.45) is 3.72. The van der Waals surface area contributed by atoms with Crippen molar-refractivity contribution in [2.75, 3.05) is 29.5 Å². The Labute approximate surface area is 120 Å². The number of nitrogens with one attached hydrogen (secondary N) is 1. The van der Waals surface area contributed by atoms with Crippen LogP contribution in [0.25, 0.3) is 0 Å². The van der Waals surface area contributed by atoms with Crippen molar-refractivity contribution in [3.05, 3.63) is 23.4 Å². The van der Waals surface area contributed by atoms with Crippen LogP contribution in [0.4, 0.5) is 5.82 Å². The average Bonchev–Trinajstić information content (AvgIpc) is 3.30. The van der Waals surface area contributed by atoms with Crippen molar-refractivity contribution < 1.29 is 0 Å². The van der Waals surface area contributed by atoms with Gasteiger partial charge in [0, 0.05) is 42.9 Å². The molecule has 0 spiro atoms. The number of aryl methyl sites for hydroxylation is 1. The van der Waals surface area contributed by atoms with Crippen LogP contribution in [-0.4, -0.2) is 35.6 Å². The van der Waals surface area contributed by atoms with E-state index in [2.05, 4.69) is 29.3 Å². The summed E-state index contributed by atoms with van der Waals surface area (Å²) in [5.41, 5.74) is 2.62. The van der Waals surface area contributed by atoms with E-state index in [4.69, 9.17) is 4.98 Å². The number of rotatable bonds is 5. The Morgan fingerprint density at radius 1 is 1.32 bits per heavy atom. The van der Waals surface area contributed by atoms with E-state index in [-0.39, 0.29) is 0 Å². The van der Waals surface area contributed by atoms with Crippen LogP contribution >= 0.6 is 11.8 Å². The van der Waals surface area contributed by atoms with E-state index in [0.717, 1.165) is 32.1 Å². The molecule has 0 aromatic carbocycles. The van der Waals surface area contributed by atoms with Gasteiger partial charge in [-0.3, -0.25) is 0 Å². The van der Waals surface area contributed by atoms with Gasteiger partial charge in [-0.1, -0.05) is 6.92 Å². The van der Waals surface area contributed by atoms with Crippen LogP contribution in [-0.2, 0) is 13.0 Å². The lowest BCUT2D eigenvalue weighted by Gasteiger charge is -2.28. The predicted octanol–water partition coefficient (Wildman–Crippen LogP) is 2.45. The number of nitrogens with zero attached hydrogens (tertiary/aromatic N) is 2. The molecule has 2 heterocycles. The first-order valence-electron chi connectivity index (χ1n) is 7.41. The number of thioether (sulfide) groups is 1. The van der Waals surface area contributed by atoms with Crippen molar-refractivity contribution in [2.24, 2.45) is 0 Å². The summed E-state index contributed by atoms with van der Waals surface area (Å²) in [6.45, 7) is 5.46. The maximum atomic E-state index is 4.81. The standard InChI is InChI=1S/C15H23N3S/c1-2-13-9-12(11-16-14-3-4-14)10-15(17-13)18-5-7-19-8-6-18/h9-10,14,16H,2-8,11H2,1H3. The Kier molecular flexibility index (Phi) is 4.28. The van der Waals surface area contributed by atoms with Crippen LogP contribution in [0.15, 0.2) is 12.1 Å². The Hall–Kier alpha value is -0.740. The number of hydrogen-bond acceptors (Lipinski definition) is 4. The highest BCUT2D eigenvalue weighted by Gasteiger charge is 2.20. The lowest BCUT2D eigenvalue weighted by molar-refractivity contribution is 0.685. The van der Waals surface area contributed by atoms with E-state index in [1.54, 1.807) is 0 Å². The third kappa shape index (κ3) is 3.63. The minimum Gasteiger partial charge on any atom is -0.355 e. The van der Waals surface area contributed by atoms with Crippen LogP contribution in [0.5, 0.6) is 0 Å². The first kappa shape index (κ1) is 13.3. The molecule has 0 bridgehead atoms. The number of anilines is 1. The van der Waals surface area contributed by atoms with Gasteiger partial charge < -0.3 is 10.2 Å². The van der Waals surface area contributed by atoms with Crippen LogP contribution in [0.1, 0.15) is 31.0 Å². The molecule has 104 valence electrons. The smallest absolute Gasteiger partial charge is 0.129 e. The highest BCUT2D eigenvalue weighted by molar-refractivity contribution is 7.99. The molecule has 2 aliphatic rings. The highest BCUT2D eigenvalue weighted by Crippen LogP contribution is 2.22. The highest BCUT2D eigenvalue weighted by atomic mass is 32.2. The second-order valence-electron chi connectivity index (χ2n) is 5.43. The zero-order valence-corrected chi connectivity index (χ0v) is 12.5. The molecule has 4 heteroatoms. The minimum absolute atomic E-state index is 0.771. The third-order valence-corrected chi connectivity index (χ3v) is 4.74. The molecule has 3 rings (SSSR count). The first-order chi connectivity index (χ1) is 9.35. The van der Waals surface area contributed by atoms with Gasteiger partial charge in [0.15, 0.2) is 0 Å². The van der Waals surface area contributed by atoms with Gasteiger partial charge >= 0.3 is 0 Å². The number of hydrogen-bond donors (Lipinski definition) is 1. The molecule has 3 nitrogen and oxygen atoms in total. The minimum atomic E-state index is 0.771. The van der Waals surface area contributed by atoms with E-state index in [1.165, 1.54) is 41.4 Å². The topological polar surface area (TPSA) is 28.2 Å². The third-order valence-electron chi connectivity index (χ3n) is 3.79. The SMILES string of the molecule is CCc1cc(CNC2CC2)cc(N2CCSCC2)n1. The van der Waals surface area contributed by atoms with Crippen molar-refractivity contribution in [3.63, 3.8) is 0 Å². The summed E-state index contributed by atoms with van der Waals surface area (Å²) in [4.78, 5) is 7.25. The summed E-state index contributed by atoms with van der Waals surface area (Å²) < 4.78 is 0. The number of aromatic nitrogens is 1. The molecule has 1 aliphatic heterocycles. The maximum Gasteiger partial charge on any atom is 0.129 e. The molecule has 1 aromatic heterocycles. The lowest BCUT2D eigenvalue weighted by atomic mass is 10.2. The predicted molar refractivity (Wildman–Crippen MR) is 83.0 cm³/mol. The van der Waals surface area contributed by atoms with Gasteiger partial charge in [-0.25, -0.2) is 4.98 Å². The van der Waals surface area contributed by atoms with E-state index in [0.29, 0.717) is 0 Å². The molecule has 0 unspecified atom stereocenters. The fourth-order valence-electron chi connectivity index (χ4n) is 2.42. The second kappa shape index (κ2) is 6.14. The molecule has 1 aliphatic carbocycles. The van der Waals surface area contributed by atoms with E-state index in [9.17, 15) is 0 Å². The van der Waals surface area contributed by atoms with Gasteiger partial charge in [0.1, 0.15) is 5.82 Å². The van der Waals surface area contributed by atoms with Gasteiger partial charge in [-0.2, -0.15) is 11.8 Å². The Morgan fingerprint density at radius 3 is 2.79 bits per heavy atom. The van der Waals surface area contributed by atoms with Crippen LogP contribution in [0.2, 0.25) is 0 Å². The molecule has 1 saturated heterocycles. The molecular formula is C15H23N3S. The zero-order chi connectivity index (χ0) is 13.1. The molecule has 0 atom stereocenters. The fourth-order valence-corrected chi connectivity index (χ4v) is 3.32. The van der Waals surface area contributed by atoms with Crippen molar-refractivity contribution in [3.8, 4) is 0 Å².